The zero-order valence-electron chi connectivity index (χ0n) is 16.6. The maximum Gasteiger partial charge on any atom is 0.275 e. The van der Waals surface area contributed by atoms with Crippen LogP contribution in [0.25, 0.3) is 21.7 Å². The van der Waals surface area contributed by atoms with Gasteiger partial charge in [-0.05, 0) is 38.0 Å². The summed E-state index contributed by atoms with van der Waals surface area (Å²) in [6.45, 7) is 4.09. The van der Waals surface area contributed by atoms with Crippen LogP contribution in [0.15, 0.2) is 41.2 Å². The Labute approximate surface area is 182 Å². The number of carbonyl (C=O) groups is 1. The SMILES string of the molecule is Cc1[nH]c2c(Cl)c(Cl)ccc2c1CCNC(=O)Cn1nc(C)c2ccccc2c1=O. The number of rotatable bonds is 5. The van der Waals surface area contributed by atoms with E-state index in [-0.39, 0.29) is 18.0 Å². The topological polar surface area (TPSA) is 79.8 Å². The molecule has 0 aliphatic rings. The van der Waals surface area contributed by atoms with Gasteiger partial charge in [-0.2, -0.15) is 5.10 Å². The van der Waals surface area contributed by atoms with Gasteiger partial charge in [0.15, 0.2) is 0 Å². The van der Waals surface area contributed by atoms with Crippen LogP contribution >= 0.6 is 23.2 Å². The minimum atomic E-state index is -0.273. The number of hydrogen-bond acceptors (Lipinski definition) is 3. The van der Waals surface area contributed by atoms with Crippen molar-refractivity contribution in [1.29, 1.82) is 0 Å². The van der Waals surface area contributed by atoms with Crippen LogP contribution in [0.4, 0.5) is 0 Å². The van der Waals surface area contributed by atoms with Crippen molar-refractivity contribution in [3.8, 4) is 0 Å². The second-order valence-corrected chi connectivity index (χ2v) is 7.99. The van der Waals surface area contributed by atoms with Crippen LogP contribution in [0.2, 0.25) is 10.0 Å². The molecule has 0 aliphatic heterocycles. The van der Waals surface area contributed by atoms with E-state index in [2.05, 4.69) is 15.4 Å². The molecule has 0 fully saturated rings. The van der Waals surface area contributed by atoms with Crippen molar-refractivity contribution in [3.63, 3.8) is 0 Å². The quantitative estimate of drug-likeness (QED) is 0.486. The molecule has 0 aliphatic carbocycles. The molecule has 2 aromatic heterocycles. The van der Waals surface area contributed by atoms with Crippen LogP contribution in [0.1, 0.15) is 17.0 Å². The summed E-state index contributed by atoms with van der Waals surface area (Å²) >= 11 is 12.4. The lowest BCUT2D eigenvalue weighted by Gasteiger charge is -2.09. The summed E-state index contributed by atoms with van der Waals surface area (Å²) in [5, 5.41) is 10.5. The third-order valence-corrected chi connectivity index (χ3v) is 6.03. The van der Waals surface area contributed by atoms with Crippen molar-refractivity contribution in [2.45, 2.75) is 26.8 Å². The average Bonchev–Trinajstić information content (AvgIpc) is 3.05. The first-order chi connectivity index (χ1) is 14.4. The van der Waals surface area contributed by atoms with Crippen LogP contribution in [0.3, 0.4) is 0 Å². The maximum absolute atomic E-state index is 12.6. The Morgan fingerprint density at radius 2 is 1.83 bits per heavy atom. The molecule has 4 aromatic rings. The molecular weight excluding hydrogens is 423 g/mol. The number of benzene rings is 2. The smallest absolute Gasteiger partial charge is 0.275 e. The van der Waals surface area contributed by atoms with E-state index in [1.54, 1.807) is 18.2 Å². The number of aromatic nitrogens is 3. The Morgan fingerprint density at radius 1 is 1.10 bits per heavy atom. The predicted octanol–water partition coefficient (Wildman–Crippen LogP) is 4.16. The van der Waals surface area contributed by atoms with Gasteiger partial charge >= 0.3 is 0 Å². The summed E-state index contributed by atoms with van der Waals surface area (Å²) in [5.41, 5.74) is 3.28. The van der Waals surface area contributed by atoms with E-state index in [1.807, 2.05) is 32.0 Å². The first-order valence-corrected chi connectivity index (χ1v) is 10.3. The Balaban J connectivity index is 1.47. The van der Waals surface area contributed by atoms with Gasteiger partial charge < -0.3 is 10.3 Å². The van der Waals surface area contributed by atoms with E-state index >= 15 is 0 Å². The summed E-state index contributed by atoms with van der Waals surface area (Å²) < 4.78 is 1.21. The summed E-state index contributed by atoms with van der Waals surface area (Å²) in [7, 11) is 0. The van der Waals surface area contributed by atoms with Crippen LogP contribution in [0, 0.1) is 13.8 Å². The molecule has 4 rings (SSSR count). The molecular formula is C22H20Cl2N4O2. The van der Waals surface area contributed by atoms with Crippen molar-refractivity contribution < 1.29 is 4.79 Å². The number of aromatic amines is 1. The lowest BCUT2D eigenvalue weighted by Crippen LogP contribution is -2.35. The van der Waals surface area contributed by atoms with Crippen molar-refractivity contribution in [2.75, 3.05) is 6.54 Å². The molecule has 0 unspecified atom stereocenters. The summed E-state index contributed by atoms with van der Waals surface area (Å²) in [4.78, 5) is 28.3. The molecule has 30 heavy (non-hydrogen) atoms. The molecule has 2 heterocycles. The Hall–Kier alpha value is -2.83. The van der Waals surface area contributed by atoms with E-state index in [1.165, 1.54) is 4.68 Å². The van der Waals surface area contributed by atoms with Crippen LogP contribution in [0.5, 0.6) is 0 Å². The van der Waals surface area contributed by atoms with E-state index < -0.39 is 0 Å². The van der Waals surface area contributed by atoms with E-state index in [0.717, 1.165) is 27.5 Å². The average molecular weight is 443 g/mol. The number of nitrogens with zero attached hydrogens (tertiary/aromatic N) is 2. The third kappa shape index (κ3) is 3.68. The first kappa shape index (κ1) is 20.4. The number of nitrogens with one attached hydrogen (secondary N) is 2. The standard InChI is InChI=1S/C22H20Cl2N4O2/c1-12-15(16-7-8-18(23)20(24)21(16)26-12)9-10-25-19(29)11-28-22(30)17-6-4-3-5-14(17)13(2)27-28/h3-8,26H,9-11H2,1-2H3,(H,25,29). The molecule has 154 valence electrons. The highest BCUT2D eigenvalue weighted by Crippen LogP contribution is 2.33. The fraction of sp³-hybridized carbons (Fsp3) is 0.227. The Morgan fingerprint density at radius 3 is 2.60 bits per heavy atom. The van der Waals surface area contributed by atoms with E-state index in [0.29, 0.717) is 34.1 Å². The van der Waals surface area contributed by atoms with Crippen LogP contribution < -0.4 is 10.9 Å². The molecule has 0 atom stereocenters. The molecule has 1 amide bonds. The maximum atomic E-state index is 12.6. The zero-order valence-corrected chi connectivity index (χ0v) is 18.1. The molecule has 0 saturated heterocycles. The molecule has 0 spiro atoms. The minimum absolute atomic E-state index is 0.126. The number of halogens is 2. The second-order valence-electron chi connectivity index (χ2n) is 7.21. The number of amides is 1. The normalized spacial score (nSPS) is 11.3. The van der Waals surface area contributed by atoms with Gasteiger partial charge in [0.25, 0.3) is 5.56 Å². The zero-order chi connectivity index (χ0) is 21.4. The molecule has 2 N–H and O–H groups in total. The number of aryl methyl sites for hydroxylation is 2. The van der Waals surface area contributed by atoms with Gasteiger partial charge in [0, 0.05) is 23.0 Å². The highest BCUT2D eigenvalue weighted by molar-refractivity contribution is 6.45. The largest absolute Gasteiger partial charge is 0.357 e. The van der Waals surface area contributed by atoms with Gasteiger partial charge in [0.2, 0.25) is 5.91 Å². The predicted molar refractivity (Wildman–Crippen MR) is 121 cm³/mol. The molecule has 0 bridgehead atoms. The van der Waals surface area contributed by atoms with E-state index in [9.17, 15) is 9.59 Å². The minimum Gasteiger partial charge on any atom is -0.357 e. The van der Waals surface area contributed by atoms with Crippen molar-refractivity contribution >= 4 is 50.8 Å². The number of fused-ring (bicyclic) bond motifs is 2. The van der Waals surface area contributed by atoms with Gasteiger partial charge in [-0.3, -0.25) is 9.59 Å². The Kier molecular flexibility index (Phi) is 5.54. The molecule has 2 aromatic carbocycles. The fourth-order valence-corrected chi connectivity index (χ4v) is 4.11. The molecule has 6 nitrogen and oxygen atoms in total. The lowest BCUT2D eigenvalue weighted by atomic mass is 10.1. The molecule has 8 heteroatoms. The Bertz CT molecular complexity index is 1340. The first-order valence-electron chi connectivity index (χ1n) is 9.55. The summed E-state index contributed by atoms with van der Waals surface area (Å²) in [6, 6.07) is 11.0. The molecule has 0 radical (unpaired) electrons. The van der Waals surface area contributed by atoms with Gasteiger partial charge in [0.1, 0.15) is 6.54 Å². The highest BCUT2D eigenvalue weighted by Gasteiger charge is 2.14. The monoisotopic (exact) mass is 442 g/mol. The number of carbonyl (C=O) groups excluding carboxylic acids is 1. The number of H-pyrrole nitrogens is 1. The van der Waals surface area contributed by atoms with Crippen molar-refractivity contribution in [2.24, 2.45) is 0 Å². The van der Waals surface area contributed by atoms with Crippen LogP contribution in [-0.2, 0) is 17.8 Å². The van der Waals surface area contributed by atoms with Gasteiger partial charge in [0.05, 0.1) is 26.6 Å². The van der Waals surface area contributed by atoms with Gasteiger partial charge in [-0.1, -0.05) is 47.5 Å². The van der Waals surface area contributed by atoms with Crippen molar-refractivity contribution in [1.82, 2.24) is 20.1 Å². The summed E-state index contributed by atoms with van der Waals surface area (Å²) in [6.07, 6.45) is 0.620. The van der Waals surface area contributed by atoms with Crippen LogP contribution in [-0.4, -0.2) is 27.2 Å². The number of hydrogen-bond donors (Lipinski definition) is 2. The highest BCUT2D eigenvalue weighted by atomic mass is 35.5. The summed E-state index contributed by atoms with van der Waals surface area (Å²) in [5.74, 6) is -0.266. The van der Waals surface area contributed by atoms with Gasteiger partial charge in [-0.25, -0.2) is 4.68 Å². The third-order valence-electron chi connectivity index (χ3n) is 5.23. The van der Waals surface area contributed by atoms with E-state index in [4.69, 9.17) is 23.2 Å². The second kappa shape index (κ2) is 8.13. The molecule has 0 saturated carbocycles. The fourth-order valence-electron chi connectivity index (χ4n) is 3.74. The lowest BCUT2D eigenvalue weighted by molar-refractivity contribution is -0.121. The van der Waals surface area contributed by atoms with Crippen molar-refractivity contribution in [3.05, 3.63) is 73.7 Å². The van der Waals surface area contributed by atoms with Gasteiger partial charge in [-0.15, -0.1) is 0 Å².